The molecule has 8 heteroatoms. The summed E-state index contributed by atoms with van der Waals surface area (Å²) in [4.78, 5) is 0. The molecule has 0 aliphatic heterocycles. The normalized spacial score (nSPS) is 13.0. The third kappa shape index (κ3) is 15.4. The topological polar surface area (TPSA) is 54.5 Å². The Morgan fingerprint density at radius 3 is 0.869 bits per heavy atom. The average molecular weight is 1130 g/mol. The molecule has 8 aromatic rings. The highest BCUT2D eigenvalue weighted by Crippen LogP contribution is 2.45. The maximum Gasteiger partial charge on any atom is 0.248 e. The molecule has 0 amide bonds. The molecule has 9 rings (SSSR count). The molecule has 0 radical (unpaired) electrons. The zero-order valence-corrected chi connectivity index (χ0v) is 53.6. The number of nitrogens with zero attached hydrogens (tertiary/aromatic N) is 4. The van der Waals surface area contributed by atoms with E-state index in [0.29, 0.717) is 52.1 Å². The van der Waals surface area contributed by atoms with Crippen LogP contribution in [0.1, 0.15) is 202 Å². The molecule has 0 saturated carbocycles. The van der Waals surface area contributed by atoms with Crippen molar-refractivity contribution < 1.29 is 28.1 Å². The Morgan fingerprint density at radius 1 is 0.357 bits per heavy atom. The fourth-order valence-corrected chi connectivity index (χ4v) is 11.5. The van der Waals surface area contributed by atoms with Crippen molar-refractivity contribution in [2.45, 2.75) is 196 Å². The van der Waals surface area contributed by atoms with Crippen LogP contribution in [0.4, 0.5) is 0 Å². The molecule has 2 heterocycles. The number of benzene rings is 6. The zero-order valence-electron chi connectivity index (χ0n) is 53.6. The van der Waals surface area contributed by atoms with Crippen molar-refractivity contribution in [2.24, 2.45) is 0 Å². The van der Waals surface area contributed by atoms with Crippen molar-refractivity contribution in [2.75, 3.05) is 26.4 Å². The quantitative estimate of drug-likeness (QED) is 0.0564. The maximum atomic E-state index is 7.35. The van der Waals surface area contributed by atoms with Crippen LogP contribution >= 0.6 is 0 Å². The Labute approximate surface area is 504 Å². The first-order valence-corrected chi connectivity index (χ1v) is 31.5. The lowest BCUT2D eigenvalue weighted by Gasteiger charge is -2.29. The third-order valence-electron chi connectivity index (χ3n) is 16.5. The molecule has 1 aliphatic rings. The third-order valence-corrected chi connectivity index (χ3v) is 16.5. The molecule has 2 aromatic heterocycles. The first-order valence-electron chi connectivity index (χ1n) is 31.5. The predicted molar refractivity (Wildman–Crippen MR) is 345 cm³/mol. The number of para-hydroxylation sites is 2. The van der Waals surface area contributed by atoms with Crippen LogP contribution < -0.4 is 28.1 Å². The second kappa shape index (κ2) is 26.5. The monoisotopic (exact) mass is 1130 g/mol. The van der Waals surface area contributed by atoms with Crippen molar-refractivity contribution in [3.8, 4) is 34.4 Å². The lowest BCUT2D eigenvalue weighted by Crippen LogP contribution is -2.31. The fraction of sp³-hybridized carbons (Fsp3) is 0.447. The minimum Gasteiger partial charge on any atom is -0.493 e. The first kappa shape index (κ1) is 61.5. The van der Waals surface area contributed by atoms with E-state index in [-0.39, 0.29) is 21.7 Å². The summed E-state index contributed by atoms with van der Waals surface area (Å²) in [6, 6.07) is 40.6. The van der Waals surface area contributed by atoms with Crippen molar-refractivity contribution in [3.63, 3.8) is 0 Å². The van der Waals surface area contributed by atoms with E-state index in [0.717, 1.165) is 86.0 Å². The Balaban J connectivity index is 1.19. The molecule has 6 aromatic carbocycles. The average Bonchev–Trinajstić information content (AvgIpc) is 4.29. The van der Waals surface area contributed by atoms with E-state index in [1.165, 1.54) is 66.8 Å². The highest BCUT2D eigenvalue weighted by atomic mass is 16.5. The van der Waals surface area contributed by atoms with E-state index in [1.807, 2.05) is 0 Å². The molecule has 0 spiro atoms. The number of unbranched alkanes of at least 4 members (excludes halogenated alkanes) is 2. The van der Waals surface area contributed by atoms with Gasteiger partial charge in [-0.25, -0.2) is 18.3 Å². The van der Waals surface area contributed by atoms with E-state index >= 15 is 0 Å². The summed E-state index contributed by atoms with van der Waals surface area (Å²) in [5.74, 6) is 3.92. The van der Waals surface area contributed by atoms with Crippen LogP contribution in [0, 0.1) is 0 Å². The standard InChI is InChI=1S/C76H98N4O4/c1-15-37-81-69-55-41-59-49-65(75(9,10)11)51-61(71(59)83-39-25-23-31-77-33-35-79(53-77)67-27-19-17-20-28-67)43-57-47-64(74(6,7)8)48-58(70(57)82-38-16-2)44-62-52-66(76(12,13)14)50-60(42-56(69)46-63(45-55)73(3,4)5)72(62)84-40-26-24-32-78-34-36-80(54-78)68-29-21-18-22-30-68/h17-22,27-30,33-36,45-54H,15-16,23-26,31-32,37-44H2,1-14H3/q+2. The van der Waals surface area contributed by atoms with E-state index in [2.05, 4.69) is 262 Å². The number of hydrogen-bond acceptors (Lipinski definition) is 4. The molecule has 444 valence electrons. The molecule has 0 fully saturated rings. The van der Waals surface area contributed by atoms with Crippen LogP contribution in [0.2, 0.25) is 0 Å². The second-order valence-corrected chi connectivity index (χ2v) is 27.8. The van der Waals surface area contributed by atoms with Gasteiger partial charge in [-0.3, -0.25) is 0 Å². The number of rotatable bonds is 20. The zero-order chi connectivity index (χ0) is 59.8. The number of imidazole rings is 2. The molecule has 8 bridgehead atoms. The van der Waals surface area contributed by atoms with Gasteiger partial charge in [0.2, 0.25) is 12.7 Å². The van der Waals surface area contributed by atoms with Gasteiger partial charge in [0, 0.05) is 25.7 Å². The fourth-order valence-electron chi connectivity index (χ4n) is 11.5. The highest BCUT2D eigenvalue weighted by molar-refractivity contribution is 5.60. The summed E-state index contributed by atoms with van der Waals surface area (Å²) in [5.41, 5.74) is 16.5. The summed E-state index contributed by atoms with van der Waals surface area (Å²) in [7, 11) is 0. The number of fused-ring (bicyclic) bond motifs is 8. The number of hydrogen-bond donors (Lipinski definition) is 0. The minimum atomic E-state index is -0.133. The predicted octanol–water partition coefficient (Wildman–Crippen LogP) is 17.0. The molecule has 0 atom stereocenters. The molecule has 8 nitrogen and oxygen atoms in total. The first-order chi connectivity index (χ1) is 40.0. The number of aromatic nitrogens is 4. The number of aryl methyl sites for hydroxylation is 2. The van der Waals surface area contributed by atoms with Gasteiger partial charge in [-0.15, -0.1) is 0 Å². The van der Waals surface area contributed by atoms with Crippen LogP contribution in [-0.4, -0.2) is 35.6 Å². The van der Waals surface area contributed by atoms with Gasteiger partial charge in [-0.05, 0) is 151 Å². The summed E-state index contributed by atoms with van der Waals surface area (Å²) >= 11 is 0. The van der Waals surface area contributed by atoms with Gasteiger partial charge in [0.15, 0.2) is 0 Å². The van der Waals surface area contributed by atoms with Crippen LogP contribution in [0.15, 0.2) is 147 Å². The lowest BCUT2D eigenvalue weighted by molar-refractivity contribution is -0.696. The van der Waals surface area contributed by atoms with Gasteiger partial charge < -0.3 is 18.9 Å². The Morgan fingerprint density at radius 2 is 0.619 bits per heavy atom. The second-order valence-electron chi connectivity index (χ2n) is 27.8. The van der Waals surface area contributed by atoms with Gasteiger partial charge in [-0.1, -0.05) is 182 Å². The van der Waals surface area contributed by atoms with Gasteiger partial charge >= 0.3 is 0 Å². The van der Waals surface area contributed by atoms with Gasteiger partial charge in [0.1, 0.15) is 59.2 Å². The van der Waals surface area contributed by atoms with Crippen LogP contribution in [0.5, 0.6) is 23.0 Å². The molecular weight excluding hydrogens is 1030 g/mol. The molecule has 0 unspecified atom stereocenters. The van der Waals surface area contributed by atoms with E-state index in [1.54, 1.807) is 0 Å². The lowest BCUT2D eigenvalue weighted by atomic mass is 9.79. The molecule has 0 saturated heterocycles. The van der Waals surface area contributed by atoms with Crippen LogP contribution in [-0.2, 0) is 60.4 Å². The summed E-state index contributed by atoms with van der Waals surface area (Å²) in [6.07, 6.45) is 21.2. The van der Waals surface area contributed by atoms with Crippen molar-refractivity contribution in [1.82, 2.24) is 9.13 Å². The van der Waals surface area contributed by atoms with Crippen LogP contribution in [0.3, 0.4) is 0 Å². The molecule has 84 heavy (non-hydrogen) atoms. The van der Waals surface area contributed by atoms with Gasteiger partial charge in [0.25, 0.3) is 0 Å². The Bertz CT molecular complexity index is 3140. The number of ether oxygens (including phenoxy) is 4. The van der Waals surface area contributed by atoms with E-state index in [4.69, 9.17) is 18.9 Å². The van der Waals surface area contributed by atoms with Crippen molar-refractivity contribution in [1.29, 1.82) is 0 Å². The summed E-state index contributed by atoms with van der Waals surface area (Å²) < 4.78 is 37.9. The summed E-state index contributed by atoms with van der Waals surface area (Å²) in [6.45, 7) is 36.8. The van der Waals surface area contributed by atoms with Crippen LogP contribution in [0.25, 0.3) is 11.4 Å². The highest BCUT2D eigenvalue weighted by Gasteiger charge is 2.30. The smallest absolute Gasteiger partial charge is 0.248 e. The molecule has 1 aliphatic carbocycles. The molecule has 0 N–H and O–H groups in total. The van der Waals surface area contributed by atoms with Gasteiger partial charge in [-0.2, -0.15) is 0 Å². The molecular formula is C76H98N4O4+2. The Kier molecular flexibility index (Phi) is 19.4. The van der Waals surface area contributed by atoms with Crippen molar-refractivity contribution in [3.05, 3.63) is 213 Å². The van der Waals surface area contributed by atoms with Gasteiger partial charge in [0.05, 0.1) is 39.5 Å². The largest absolute Gasteiger partial charge is 0.493 e. The SMILES string of the molecule is CCCOc1c2cc(C(C)(C)C)cc1Cc1cc(C(C)(C)C)cc(c1OCCCC[n+]1ccn(-c3ccccc3)c1)Cc1cc(C(C)(C)C)cc(c1OCCC)Cc1cc(C(C)(C)C)cc(c1OCCCC[n+]1ccn(-c3ccccc3)c1)C2. The van der Waals surface area contributed by atoms with E-state index < -0.39 is 0 Å². The Hall–Kier alpha value is -7.06. The minimum absolute atomic E-state index is 0.132. The summed E-state index contributed by atoms with van der Waals surface area (Å²) in [5, 5.41) is 0. The maximum absolute atomic E-state index is 7.35. The van der Waals surface area contributed by atoms with Crippen molar-refractivity contribution >= 4 is 0 Å². The van der Waals surface area contributed by atoms with E-state index in [9.17, 15) is 0 Å².